The van der Waals surface area contributed by atoms with Crippen molar-refractivity contribution in [3.8, 4) is 0 Å². The molecule has 1 aromatic carbocycles. The highest BCUT2D eigenvalue weighted by atomic mass is 32.2. The highest BCUT2D eigenvalue weighted by Crippen LogP contribution is 2.36. The molecule has 7 nitrogen and oxygen atoms in total. The van der Waals surface area contributed by atoms with Crippen LogP contribution in [-0.4, -0.2) is 42.0 Å². The summed E-state index contributed by atoms with van der Waals surface area (Å²) in [5.41, 5.74) is -0.867. The molecule has 2 fully saturated rings. The van der Waals surface area contributed by atoms with Gasteiger partial charge in [-0.05, 0) is 68.8 Å². The number of alkyl halides is 3. The van der Waals surface area contributed by atoms with Crippen molar-refractivity contribution < 1.29 is 32.3 Å². The molecule has 0 spiro atoms. The quantitative estimate of drug-likeness (QED) is 0.664. The number of ether oxygens (including phenoxy) is 1. The van der Waals surface area contributed by atoms with E-state index in [0.717, 1.165) is 12.1 Å². The zero-order valence-corrected chi connectivity index (χ0v) is 17.9. The molecule has 0 aromatic heterocycles. The minimum Gasteiger partial charge on any atom is -0.444 e. The predicted octanol–water partition coefficient (Wildman–Crippen LogP) is 4.13. The van der Waals surface area contributed by atoms with E-state index in [2.05, 4.69) is 10.6 Å². The third-order valence-corrected chi connectivity index (χ3v) is 5.34. The maximum atomic E-state index is 13.2. The van der Waals surface area contributed by atoms with Crippen molar-refractivity contribution in [3.63, 3.8) is 0 Å². The number of halogens is 3. The molecular weight excluding hydrogens is 435 g/mol. The standard InChI is InChI=1S/C20H22F3N3O4S/c1-19(2,3)30-17(28)24-13-6-7-26(10-13)14-5-4-12(20(21,22)23)8-11(14)9-15-16(27)25-18(29)31-15/h4-5,8-9,13H,6-7,10H2,1-3H3,(H,24,28)(H,25,27,29)/t13-/m0/s1. The van der Waals surface area contributed by atoms with Crippen LogP contribution < -0.4 is 15.5 Å². The lowest BCUT2D eigenvalue weighted by atomic mass is 10.1. The number of alkyl carbamates (subject to hydrolysis) is 1. The number of benzene rings is 1. The van der Waals surface area contributed by atoms with Crippen LogP contribution in [0.25, 0.3) is 6.08 Å². The van der Waals surface area contributed by atoms with Crippen molar-refractivity contribution in [2.45, 2.75) is 45.0 Å². The topological polar surface area (TPSA) is 87.7 Å². The molecule has 11 heteroatoms. The number of carbonyl (C=O) groups is 3. The largest absolute Gasteiger partial charge is 0.444 e. The number of anilines is 1. The van der Waals surface area contributed by atoms with Gasteiger partial charge in [0.25, 0.3) is 11.1 Å². The minimum atomic E-state index is -4.56. The zero-order valence-electron chi connectivity index (χ0n) is 17.1. The van der Waals surface area contributed by atoms with Gasteiger partial charge < -0.3 is 15.0 Å². The van der Waals surface area contributed by atoms with Crippen LogP contribution >= 0.6 is 11.8 Å². The Labute approximate surface area is 181 Å². The Kier molecular flexibility index (Phi) is 6.26. The maximum absolute atomic E-state index is 13.2. The summed E-state index contributed by atoms with van der Waals surface area (Å²) in [6.07, 6.45) is -3.27. The van der Waals surface area contributed by atoms with Crippen LogP contribution in [0.5, 0.6) is 0 Å². The van der Waals surface area contributed by atoms with Gasteiger partial charge in [-0.2, -0.15) is 13.2 Å². The van der Waals surface area contributed by atoms with Crippen LogP contribution in [0.4, 0.5) is 28.4 Å². The van der Waals surface area contributed by atoms with Gasteiger partial charge in [-0.15, -0.1) is 0 Å². The fraction of sp³-hybridized carbons (Fsp3) is 0.450. The lowest BCUT2D eigenvalue weighted by Crippen LogP contribution is -2.40. The van der Waals surface area contributed by atoms with Gasteiger partial charge >= 0.3 is 12.3 Å². The highest BCUT2D eigenvalue weighted by molar-refractivity contribution is 8.18. The van der Waals surface area contributed by atoms with Gasteiger partial charge in [-0.3, -0.25) is 14.9 Å². The molecule has 2 aliphatic rings. The highest BCUT2D eigenvalue weighted by Gasteiger charge is 2.33. The van der Waals surface area contributed by atoms with Crippen molar-refractivity contribution in [1.82, 2.24) is 10.6 Å². The van der Waals surface area contributed by atoms with E-state index >= 15 is 0 Å². The van der Waals surface area contributed by atoms with Crippen molar-refractivity contribution in [1.29, 1.82) is 0 Å². The Bertz CT molecular complexity index is 941. The number of imide groups is 1. The zero-order chi connectivity index (χ0) is 23.0. The smallest absolute Gasteiger partial charge is 0.416 e. The number of carbonyl (C=O) groups excluding carboxylic acids is 3. The normalized spacial score (nSPS) is 20.9. The van der Waals surface area contributed by atoms with E-state index in [1.807, 2.05) is 4.90 Å². The number of hydrogen-bond donors (Lipinski definition) is 2. The van der Waals surface area contributed by atoms with Crippen LogP contribution in [0.2, 0.25) is 0 Å². The summed E-state index contributed by atoms with van der Waals surface area (Å²) in [5.74, 6) is -0.649. The number of rotatable bonds is 3. The fourth-order valence-corrected chi connectivity index (χ4v) is 3.94. The van der Waals surface area contributed by atoms with Gasteiger partial charge in [-0.1, -0.05) is 0 Å². The second kappa shape index (κ2) is 8.45. The first kappa shape index (κ1) is 23.0. The van der Waals surface area contributed by atoms with Crippen LogP contribution in [0.1, 0.15) is 38.3 Å². The van der Waals surface area contributed by atoms with E-state index in [1.165, 1.54) is 12.1 Å². The lowest BCUT2D eigenvalue weighted by Gasteiger charge is -2.24. The average molecular weight is 457 g/mol. The number of nitrogens with one attached hydrogen (secondary N) is 2. The van der Waals surface area contributed by atoms with Gasteiger partial charge in [0.15, 0.2) is 0 Å². The van der Waals surface area contributed by atoms with Crippen LogP contribution in [0.15, 0.2) is 23.1 Å². The third kappa shape index (κ3) is 5.93. The molecule has 0 saturated carbocycles. The van der Waals surface area contributed by atoms with E-state index in [0.29, 0.717) is 37.0 Å². The molecule has 0 bridgehead atoms. The summed E-state index contributed by atoms with van der Waals surface area (Å²) in [5, 5.41) is 4.28. The first-order chi connectivity index (χ1) is 14.3. The molecule has 1 atom stereocenters. The lowest BCUT2D eigenvalue weighted by molar-refractivity contribution is -0.137. The van der Waals surface area contributed by atoms with Gasteiger partial charge in [0.2, 0.25) is 0 Å². The summed E-state index contributed by atoms with van der Waals surface area (Å²) in [6.45, 7) is 6.09. The third-order valence-electron chi connectivity index (χ3n) is 4.53. The second-order valence-corrected chi connectivity index (χ2v) is 9.22. The van der Waals surface area contributed by atoms with Gasteiger partial charge in [-0.25, -0.2) is 4.79 Å². The molecule has 168 valence electrons. The van der Waals surface area contributed by atoms with Crippen molar-refractivity contribution in [3.05, 3.63) is 34.2 Å². The first-order valence-electron chi connectivity index (χ1n) is 9.52. The second-order valence-electron chi connectivity index (χ2n) is 8.20. The van der Waals surface area contributed by atoms with Crippen LogP contribution in [0, 0.1) is 0 Å². The maximum Gasteiger partial charge on any atom is 0.416 e. The Morgan fingerprint density at radius 1 is 1.29 bits per heavy atom. The molecule has 2 saturated heterocycles. The SMILES string of the molecule is CC(C)(C)OC(=O)N[C@H]1CCN(c2ccc(C(F)(F)F)cc2C=C2SC(=O)NC2=O)C1. The van der Waals surface area contributed by atoms with E-state index in [-0.39, 0.29) is 16.5 Å². The molecule has 3 amide bonds. The predicted molar refractivity (Wildman–Crippen MR) is 111 cm³/mol. The summed E-state index contributed by atoms with van der Waals surface area (Å²) in [4.78, 5) is 37.1. The first-order valence-corrected chi connectivity index (χ1v) is 10.3. The van der Waals surface area contributed by atoms with Crippen molar-refractivity contribution in [2.24, 2.45) is 0 Å². The molecule has 2 heterocycles. The van der Waals surface area contributed by atoms with Crippen molar-refractivity contribution in [2.75, 3.05) is 18.0 Å². The van der Waals surface area contributed by atoms with Gasteiger partial charge in [0, 0.05) is 18.8 Å². The number of thioether (sulfide) groups is 1. The summed E-state index contributed by atoms with van der Waals surface area (Å²) >= 11 is 0.636. The Hall–Kier alpha value is -2.69. The molecule has 1 aromatic rings. The summed E-state index contributed by atoms with van der Waals surface area (Å²) in [6, 6.07) is 3.01. The summed E-state index contributed by atoms with van der Waals surface area (Å²) in [7, 11) is 0. The number of nitrogens with zero attached hydrogens (tertiary/aromatic N) is 1. The Morgan fingerprint density at radius 2 is 2.00 bits per heavy atom. The fourth-order valence-electron chi connectivity index (χ4n) is 3.27. The number of hydrogen-bond acceptors (Lipinski definition) is 6. The van der Waals surface area contributed by atoms with Crippen LogP contribution in [0.3, 0.4) is 0 Å². The molecule has 2 N–H and O–H groups in total. The van der Waals surface area contributed by atoms with Crippen LogP contribution in [-0.2, 0) is 15.7 Å². The Balaban J connectivity index is 1.84. The van der Waals surface area contributed by atoms with Gasteiger partial charge in [0.05, 0.1) is 16.5 Å². The van der Waals surface area contributed by atoms with E-state index in [1.54, 1.807) is 20.8 Å². The molecule has 0 aliphatic carbocycles. The van der Waals surface area contributed by atoms with Crippen molar-refractivity contribution >= 4 is 40.8 Å². The summed E-state index contributed by atoms with van der Waals surface area (Å²) < 4.78 is 45.0. The average Bonchev–Trinajstić information content (AvgIpc) is 3.18. The van der Waals surface area contributed by atoms with E-state index < -0.39 is 34.6 Å². The molecule has 3 rings (SSSR count). The molecular formula is C20H22F3N3O4S. The monoisotopic (exact) mass is 457 g/mol. The molecule has 0 unspecified atom stereocenters. The van der Waals surface area contributed by atoms with E-state index in [9.17, 15) is 27.6 Å². The molecule has 2 aliphatic heterocycles. The van der Waals surface area contributed by atoms with E-state index in [4.69, 9.17) is 4.74 Å². The molecule has 31 heavy (non-hydrogen) atoms. The minimum absolute atomic E-state index is 0.0215. The number of amides is 3. The molecule has 0 radical (unpaired) electrons. The Morgan fingerprint density at radius 3 is 2.58 bits per heavy atom. The van der Waals surface area contributed by atoms with Gasteiger partial charge in [0.1, 0.15) is 5.60 Å².